The van der Waals surface area contributed by atoms with Crippen LogP contribution >= 0.6 is 0 Å². The van der Waals surface area contributed by atoms with Crippen molar-refractivity contribution >= 4 is 17.6 Å². The van der Waals surface area contributed by atoms with Crippen molar-refractivity contribution in [2.75, 3.05) is 5.32 Å². The summed E-state index contributed by atoms with van der Waals surface area (Å²) in [5.74, 6) is -0.191. The maximum absolute atomic E-state index is 12.7. The van der Waals surface area contributed by atoms with Gasteiger partial charge in [0.05, 0.1) is 4.92 Å². The number of hydrogen-bond acceptors (Lipinski definition) is 5. The quantitative estimate of drug-likeness (QED) is 0.687. The highest BCUT2D eigenvalue weighted by atomic mass is 19.1. The first kappa shape index (κ1) is 13.4. The van der Waals surface area contributed by atoms with E-state index >= 15 is 0 Å². The number of nitro groups is 1. The average Bonchev–Trinajstić information content (AvgIpc) is 2.42. The van der Waals surface area contributed by atoms with Crippen molar-refractivity contribution in [1.82, 2.24) is 4.98 Å². The number of anilines is 1. The maximum Gasteiger partial charge on any atom is 0.418 e. The third-order valence-electron chi connectivity index (χ3n) is 2.21. The number of amides is 1. The predicted octanol–water partition coefficient (Wildman–Crippen LogP) is 2.74. The van der Waals surface area contributed by atoms with E-state index in [1.807, 2.05) is 0 Å². The van der Waals surface area contributed by atoms with E-state index in [0.29, 0.717) is 0 Å². The van der Waals surface area contributed by atoms with Crippen molar-refractivity contribution < 1.29 is 18.8 Å². The Balaban J connectivity index is 1.97. The molecule has 0 bridgehead atoms. The standard InChI is InChI=1S/C12H8FN3O4/c13-8-1-4-10(5-2-8)20-12(17)15-11-6-3-9(7-14-11)16(18)19/h1-7H,(H,14,15,17). The van der Waals surface area contributed by atoms with Crippen LogP contribution in [-0.4, -0.2) is 16.0 Å². The number of rotatable bonds is 3. The number of benzene rings is 1. The van der Waals surface area contributed by atoms with Crippen LogP contribution in [0.4, 0.5) is 20.7 Å². The summed E-state index contributed by atoms with van der Waals surface area (Å²) in [5.41, 5.74) is -0.192. The van der Waals surface area contributed by atoms with Crippen LogP contribution in [0.15, 0.2) is 42.6 Å². The lowest BCUT2D eigenvalue weighted by Gasteiger charge is -2.05. The second-order valence-electron chi connectivity index (χ2n) is 3.63. The molecule has 0 saturated carbocycles. The molecule has 0 fully saturated rings. The molecule has 1 aromatic heterocycles. The number of carbonyl (C=O) groups excluding carboxylic acids is 1. The summed E-state index contributed by atoms with van der Waals surface area (Å²) < 4.78 is 17.5. The lowest BCUT2D eigenvalue weighted by atomic mass is 10.3. The van der Waals surface area contributed by atoms with Gasteiger partial charge in [-0.2, -0.15) is 0 Å². The van der Waals surface area contributed by atoms with Gasteiger partial charge >= 0.3 is 6.09 Å². The van der Waals surface area contributed by atoms with Crippen molar-refractivity contribution in [1.29, 1.82) is 0 Å². The number of nitrogens with zero attached hydrogens (tertiary/aromatic N) is 2. The van der Waals surface area contributed by atoms with Crippen LogP contribution in [0, 0.1) is 15.9 Å². The van der Waals surface area contributed by atoms with E-state index in [0.717, 1.165) is 18.3 Å². The van der Waals surface area contributed by atoms with Gasteiger partial charge in [-0.3, -0.25) is 15.4 Å². The van der Waals surface area contributed by atoms with Gasteiger partial charge in [0, 0.05) is 6.07 Å². The van der Waals surface area contributed by atoms with Crippen LogP contribution in [-0.2, 0) is 0 Å². The molecule has 1 aromatic carbocycles. The van der Waals surface area contributed by atoms with Crippen LogP contribution in [0.25, 0.3) is 0 Å². The largest absolute Gasteiger partial charge is 0.418 e. The van der Waals surface area contributed by atoms with Crippen molar-refractivity contribution in [3.63, 3.8) is 0 Å². The summed E-state index contributed by atoms with van der Waals surface area (Å²) in [6, 6.07) is 7.33. The lowest BCUT2D eigenvalue weighted by Crippen LogP contribution is -2.17. The molecule has 0 atom stereocenters. The highest BCUT2D eigenvalue weighted by Gasteiger charge is 2.09. The van der Waals surface area contributed by atoms with Crippen molar-refractivity contribution in [2.45, 2.75) is 0 Å². The molecule has 7 nitrogen and oxygen atoms in total. The molecule has 2 aromatic rings. The Kier molecular flexibility index (Phi) is 3.85. The van der Waals surface area contributed by atoms with Gasteiger partial charge in [0.2, 0.25) is 0 Å². The van der Waals surface area contributed by atoms with Gasteiger partial charge in [-0.15, -0.1) is 0 Å². The van der Waals surface area contributed by atoms with Crippen molar-refractivity contribution in [2.24, 2.45) is 0 Å². The molecule has 0 aliphatic carbocycles. The summed E-state index contributed by atoms with van der Waals surface area (Å²) in [6.07, 6.45) is 0.172. The first-order valence-corrected chi connectivity index (χ1v) is 5.39. The van der Waals surface area contributed by atoms with Gasteiger partial charge in [-0.1, -0.05) is 0 Å². The zero-order chi connectivity index (χ0) is 14.5. The highest BCUT2D eigenvalue weighted by molar-refractivity contribution is 5.85. The second kappa shape index (κ2) is 5.74. The van der Waals surface area contributed by atoms with Crippen LogP contribution < -0.4 is 10.1 Å². The molecule has 8 heteroatoms. The third-order valence-corrected chi connectivity index (χ3v) is 2.21. The number of nitrogens with one attached hydrogen (secondary N) is 1. The highest BCUT2D eigenvalue weighted by Crippen LogP contribution is 2.14. The molecule has 0 saturated heterocycles. The molecule has 20 heavy (non-hydrogen) atoms. The molecule has 1 heterocycles. The molecule has 102 valence electrons. The zero-order valence-corrected chi connectivity index (χ0v) is 9.95. The maximum atomic E-state index is 12.7. The fourth-order valence-corrected chi connectivity index (χ4v) is 1.31. The Morgan fingerprint density at radius 2 is 1.95 bits per heavy atom. The molecular weight excluding hydrogens is 269 g/mol. The first-order chi connectivity index (χ1) is 9.54. The molecular formula is C12H8FN3O4. The molecule has 0 aliphatic heterocycles. The van der Waals surface area contributed by atoms with Crippen molar-refractivity contribution in [3.05, 3.63) is 58.5 Å². The molecule has 0 spiro atoms. The predicted molar refractivity (Wildman–Crippen MR) is 66.9 cm³/mol. The molecule has 2 rings (SSSR count). The second-order valence-corrected chi connectivity index (χ2v) is 3.63. The molecule has 0 radical (unpaired) electrons. The van der Waals surface area contributed by atoms with E-state index in [9.17, 15) is 19.3 Å². The first-order valence-electron chi connectivity index (χ1n) is 5.39. The third kappa shape index (κ3) is 3.48. The van der Waals surface area contributed by atoms with E-state index in [1.165, 1.54) is 24.3 Å². The van der Waals surface area contributed by atoms with Gasteiger partial charge in [0.15, 0.2) is 0 Å². The van der Waals surface area contributed by atoms with Crippen LogP contribution in [0.3, 0.4) is 0 Å². The van der Waals surface area contributed by atoms with Crippen LogP contribution in [0.2, 0.25) is 0 Å². The SMILES string of the molecule is O=C(Nc1ccc([N+](=O)[O-])cn1)Oc1ccc(F)cc1. The molecule has 1 N–H and O–H groups in total. The number of pyridine rings is 1. The Hall–Kier alpha value is -3.03. The van der Waals surface area contributed by atoms with E-state index < -0.39 is 16.8 Å². The summed E-state index contributed by atoms with van der Waals surface area (Å²) in [4.78, 5) is 25.0. The summed E-state index contributed by atoms with van der Waals surface area (Å²) in [6.45, 7) is 0. The lowest BCUT2D eigenvalue weighted by molar-refractivity contribution is -0.385. The fraction of sp³-hybridized carbons (Fsp3) is 0. The molecule has 0 aliphatic rings. The number of halogens is 1. The molecule has 1 amide bonds. The Bertz CT molecular complexity index is 628. The van der Waals surface area contributed by atoms with E-state index in [1.54, 1.807) is 0 Å². The number of aromatic nitrogens is 1. The Morgan fingerprint density at radius 3 is 2.50 bits per heavy atom. The Morgan fingerprint density at radius 1 is 1.25 bits per heavy atom. The van der Waals surface area contributed by atoms with Gasteiger partial charge in [-0.25, -0.2) is 14.2 Å². The summed E-state index contributed by atoms with van der Waals surface area (Å²) in [5, 5.41) is 12.7. The Labute approximate surface area is 112 Å². The van der Waals surface area contributed by atoms with E-state index in [-0.39, 0.29) is 17.3 Å². The van der Waals surface area contributed by atoms with Gasteiger partial charge in [0.1, 0.15) is 23.6 Å². The number of hydrogen-bond donors (Lipinski definition) is 1. The number of ether oxygens (including phenoxy) is 1. The van der Waals surface area contributed by atoms with Crippen LogP contribution in [0.5, 0.6) is 5.75 Å². The topological polar surface area (TPSA) is 94.4 Å². The van der Waals surface area contributed by atoms with E-state index in [4.69, 9.17) is 4.74 Å². The monoisotopic (exact) mass is 277 g/mol. The van der Waals surface area contributed by atoms with Crippen molar-refractivity contribution in [3.8, 4) is 5.75 Å². The smallest absolute Gasteiger partial charge is 0.410 e. The van der Waals surface area contributed by atoms with Gasteiger partial charge in [0.25, 0.3) is 5.69 Å². The fourth-order valence-electron chi connectivity index (χ4n) is 1.31. The zero-order valence-electron chi connectivity index (χ0n) is 9.95. The minimum atomic E-state index is -0.835. The summed E-state index contributed by atoms with van der Waals surface area (Å²) in [7, 11) is 0. The normalized spacial score (nSPS) is 9.85. The minimum Gasteiger partial charge on any atom is -0.410 e. The van der Waals surface area contributed by atoms with Gasteiger partial charge in [-0.05, 0) is 30.3 Å². The summed E-state index contributed by atoms with van der Waals surface area (Å²) >= 11 is 0. The number of carbonyl (C=O) groups is 1. The van der Waals surface area contributed by atoms with Crippen LogP contribution in [0.1, 0.15) is 0 Å². The molecule has 0 unspecified atom stereocenters. The average molecular weight is 277 g/mol. The van der Waals surface area contributed by atoms with Gasteiger partial charge < -0.3 is 4.74 Å². The minimum absolute atomic E-state index is 0.0997. The van der Waals surface area contributed by atoms with E-state index in [2.05, 4.69) is 10.3 Å².